The predicted molar refractivity (Wildman–Crippen MR) is 104 cm³/mol. The molecule has 1 atom stereocenters. The fraction of sp³-hybridized carbons (Fsp3) is 0.450. The molecule has 1 heterocycles. The number of azo groups is 1. The summed E-state index contributed by atoms with van der Waals surface area (Å²) in [6, 6.07) is 5.03. The molecule has 2 rings (SSSR count). The number of imide groups is 1. The molecule has 0 saturated carbocycles. The van der Waals surface area contributed by atoms with Gasteiger partial charge in [-0.2, -0.15) is 0 Å². The van der Waals surface area contributed by atoms with Gasteiger partial charge in [-0.1, -0.05) is 38.1 Å². The van der Waals surface area contributed by atoms with E-state index in [1.54, 1.807) is 25.1 Å². The maximum Gasteiger partial charge on any atom is 0.339 e. The third kappa shape index (κ3) is 4.27. The lowest BCUT2D eigenvalue weighted by Gasteiger charge is -2.23. The van der Waals surface area contributed by atoms with E-state index in [-0.39, 0.29) is 17.9 Å². The number of hydrogen-bond donors (Lipinski definition) is 0. The van der Waals surface area contributed by atoms with Gasteiger partial charge in [-0.3, -0.25) is 14.5 Å². The van der Waals surface area contributed by atoms with Gasteiger partial charge in [0.25, 0.3) is 5.91 Å². The van der Waals surface area contributed by atoms with Crippen molar-refractivity contribution in [2.75, 3.05) is 7.11 Å². The molecule has 1 unspecified atom stereocenters. The van der Waals surface area contributed by atoms with E-state index in [0.717, 1.165) is 0 Å². The van der Waals surface area contributed by atoms with E-state index in [4.69, 9.17) is 9.26 Å². The maximum absolute atomic E-state index is 13.0. The molecule has 0 bridgehead atoms. The zero-order chi connectivity index (χ0) is 20.8. The Morgan fingerprint density at radius 3 is 2.61 bits per heavy atom. The molecule has 0 radical (unpaired) electrons. The summed E-state index contributed by atoms with van der Waals surface area (Å²) in [6.07, 6.45) is 1.21. The van der Waals surface area contributed by atoms with Crippen molar-refractivity contribution in [1.82, 2.24) is 10.1 Å². The minimum absolute atomic E-state index is 0.0520. The fourth-order valence-corrected chi connectivity index (χ4v) is 2.68. The van der Waals surface area contributed by atoms with Crippen LogP contribution >= 0.6 is 0 Å². The molecule has 0 saturated heterocycles. The van der Waals surface area contributed by atoms with Crippen molar-refractivity contribution in [1.29, 1.82) is 0 Å². The van der Waals surface area contributed by atoms with Crippen molar-refractivity contribution in [3.8, 4) is 5.95 Å². The number of rotatable bonds is 8. The maximum atomic E-state index is 13.0. The van der Waals surface area contributed by atoms with Crippen molar-refractivity contribution in [2.24, 2.45) is 10.2 Å². The zero-order valence-electron chi connectivity index (χ0n) is 17.1. The molecule has 8 heteroatoms. The zero-order valence-corrected chi connectivity index (χ0v) is 17.1. The smallest absolute Gasteiger partial charge is 0.339 e. The van der Waals surface area contributed by atoms with Gasteiger partial charge in [0.2, 0.25) is 6.41 Å². The Kier molecular flexibility index (Phi) is 7.03. The molecule has 0 N–H and O–H groups in total. The highest BCUT2D eigenvalue weighted by molar-refractivity contribution is 6.04. The van der Waals surface area contributed by atoms with Gasteiger partial charge in [-0.05, 0) is 31.9 Å². The fourth-order valence-electron chi connectivity index (χ4n) is 2.68. The first-order chi connectivity index (χ1) is 13.3. The van der Waals surface area contributed by atoms with Gasteiger partial charge in [0.15, 0.2) is 5.69 Å². The number of carbonyl (C=O) groups excluding carboxylic acids is 2. The van der Waals surface area contributed by atoms with E-state index < -0.39 is 5.91 Å². The molecule has 0 spiro atoms. The standard InChI is InChI=1S/C20H26N4O4/c1-7-14(5)24(11-25)19(26)16-13(4)9-8-10-15(16)21-22-18-17(12(2)3)23-28-20(18)27-6/h8-12,14H,7H2,1-6H3. The minimum atomic E-state index is -0.405. The van der Waals surface area contributed by atoms with E-state index in [9.17, 15) is 9.59 Å². The van der Waals surface area contributed by atoms with E-state index >= 15 is 0 Å². The Morgan fingerprint density at radius 2 is 2.04 bits per heavy atom. The van der Waals surface area contributed by atoms with Crippen molar-refractivity contribution >= 4 is 23.7 Å². The van der Waals surface area contributed by atoms with Gasteiger partial charge in [-0.25, -0.2) is 0 Å². The first-order valence-corrected chi connectivity index (χ1v) is 9.18. The second-order valence-electron chi connectivity index (χ2n) is 6.81. The predicted octanol–water partition coefficient (Wildman–Crippen LogP) is 4.93. The number of benzene rings is 1. The van der Waals surface area contributed by atoms with Crippen LogP contribution in [0.5, 0.6) is 5.95 Å². The summed E-state index contributed by atoms with van der Waals surface area (Å²) in [4.78, 5) is 25.7. The monoisotopic (exact) mass is 386 g/mol. The first-order valence-electron chi connectivity index (χ1n) is 9.18. The molecule has 8 nitrogen and oxygen atoms in total. The van der Waals surface area contributed by atoms with Crippen LogP contribution in [0.3, 0.4) is 0 Å². The third-order valence-electron chi connectivity index (χ3n) is 4.53. The number of carbonyl (C=O) groups is 2. The lowest BCUT2D eigenvalue weighted by Crippen LogP contribution is -2.37. The van der Waals surface area contributed by atoms with Crippen LogP contribution in [0.25, 0.3) is 0 Å². The molecule has 0 aliphatic heterocycles. The summed E-state index contributed by atoms with van der Waals surface area (Å²) in [7, 11) is 1.46. The largest absolute Gasteiger partial charge is 0.465 e. The quantitative estimate of drug-likeness (QED) is 0.473. The Hall–Kier alpha value is -3.03. The molecule has 0 fully saturated rings. The van der Waals surface area contributed by atoms with Gasteiger partial charge in [0.05, 0.1) is 18.4 Å². The van der Waals surface area contributed by atoms with E-state index in [0.29, 0.717) is 41.0 Å². The van der Waals surface area contributed by atoms with Gasteiger partial charge in [0, 0.05) is 12.0 Å². The number of methoxy groups -OCH3 is 1. The average Bonchev–Trinajstić information content (AvgIpc) is 3.09. The Balaban J connectivity index is 2.51. The molecule has 0 aliphatic rings. The average molecular weight is 386 g/mol. The summed E-state index contributed by atoms with van der Waals surface area (Å²) < 4.78 is 10.3. The molecular formula is C20H26N4O4. The second-order valence-corrected chi connectivity index (χ2v) is 6.81. The number of ether oxygens (including phenoxy) is 1. The van der Waals surface area contributed by atoms with Gasteiger partial charge >= 0.3 is 5.95 Å². The van der Waals surface area contributed by atoms with Crippen LogP contribution in [0.4, 0.5) is 11.4 Å². The van der Waals surface area contributed by atoms with Crippen LogP contribution in [0, 0.1) is 6.92 Å². The lowest BCUT2D eigenvalue weighted by atomic mass is 10.0. The van der Waals surface area contributed by atoms with Crippen molar-refractivity contribution < 1.29 is 18.8 Å². The van der Waals surface area contributed by atoms with Gasteiger partial charge in [-0.15, -0.1) is 10.2 Å². The molecule has 28 heavy (non-hydrogen) atoms. The van der Waals surface area contributed by atoms with Crippen LogP contribution < -0.4 is 4.74 Å². The molecule has 0 aliphatic carbocycles. The highest BCUT2D eigenvalue weighted by Gasteiger charge is 2.25. The first kappa shape index (κ1) is 21.3. The number of hydrogen-bond acceptors (Lipinski definition) is 7. The molecular weight excluding hydrogens is 360 g/mol. The van der Waals surface area contributed by atoms with Gasteiger partial charge in [0.1, 0.15) is 5.69 Å². The summed E-state index contributed by atoms with van der Waals surface area (Å²) in [5.41, 5.74) is 2.39. The number of aryl methyl sites for hydroxylation is 1. The second kappa shape index (κ2) is 9.25. The summed E-state index contributed by atoms with van der Waals surface area (Å²) >= 11 is 0. The highest BCUT2D eigenvalue weighted by Crippen LogP contribution is 2.37. The highest BCUT2D eigenvalue weighted by atomic mass is 16.6. The van der Waals surface area contributed by atoms with Crippen LogP contribution in [-0.2, 0) is 4.79 Å². The van der Waals surface area contributed by atoms with Crippen molar-refractivity contribution in [3.05, 3.63) is 35.0 Å². The SMILES string of the molecule is CCC(C)N(C=O)C(=O)c1c(C)cccc1N=Nc1c(C(C)C)noc1OC. The van der Waals surface area contributed by atoms with Gasteiger partial charge < -0.3 is 9.26 Å². The number of amides is 2. The molecule has 1 aromatic carbocycles. The number of nitrogens with zero attached hydrogens (tertiary/aromatic N) is 4. The third-order valence-corrected chi connectivity index (χ3v) is 4.53. The number of aromatic nitrogens is 1. The van der Waals surface area contributed by atoms with Crippen LogP contribution in [0.15, 0.2) is 33.0 Å². The Morgan fingerprint density at radius 1 is 1.32 bits per heavy atom. The Bertz CT molecular complexity index is 873. The molecule has 1 aromatic heterocycles. The van der Waals surface area contributed by atoms with E-state index in [1.807, 2.05) is 27.7 Å². The molecule has 150 valence electrons. The van der Waals surface area contributed by atoms with Crippen LogP contribution in [0.2, 0.25) is 0 Å². The topological polar surface area (TPSA) is 97.4 Å². The minimum Gasteiger partial charge on any atom is -0.465 e. The normalized spacial score (nSPS) is 12.4. The lowest BCUT2D eigenvalue weighted by molar-refractivity contribution is -0.117. The van der Waals surface area contributed by atoms with Crippen LogP contribution in [-0.4, -0.2) is 35.5 Å². The van der Waals surface area contributed by atoms with Crippen molar-refractivity contribution in [2.45, 2.75) is 53.0 Å². The summed E-state index contributed by atoms with van der Waals surface area (Å²) in [5, 5.41) is 12.5. The molecule has 2 aromatic rings. The molecule has 2 amide bonds. The Labute approximate surface area is 164 Å². The van der Waals surface area contributed by atoms with Crippen LogP contribution in [0.1, 0.15) is 61.6 Å². The van der Waals surface area contributed by atoms with E-state index in [1.165, 1.54) is 12.0 Å². The van der Waals surface area contributed by atoms with E-state index in [2.05, 4.69) is 15.4 Å². The van der Waals surface area contributed by atoms with Crippen molar-refractivity contribution in [3.63, 3.8) is 0 Å². The summed E-state index contributed by atoms with van der Waals surface area (Å²) in [6.45, 7) is 9.44. The summed E-state index contributed by atoms with van der Waals surface area (Å²) in [5.74, 6) is -0.198.